The molecule has 20 heavy (non-hydrogen) atoms. The van der Waals surface area contributed by atoms with E-state index in [-0.39, 0.29) is 10.9 Å². The van der Waals surface area contributed by atoms with Crippen molar-refractivity contribution in [3.8, 4) is 0 Å². The fourth-order valence-electron chi connectivity index (χ4n) is 2.00. The summed E-state index contributed by atoms with van der Waals surface area (Å²) in [6, 6.07) is 4.88. The fourth-order valence-corrected chi connectivity index (χ4v) is 3.04. The third-order valence-corrected chi connectivity index (χ3v) is 8.91. The molecule has 0 atom stereocenters. The third-order valence-electron chi connectivity index (χ3n) is 4.37. The number of halogens is 1. The standard InChI is InChI=1S/C16H24FNOSi/c1-16(2,3)20(4,5)19-9-8-12-11-18-15-10-13(17)6-7-14(12)15/h6-7,10-11,18H,8-9H2,1-5H3. The number of H-pyrrole nitrogens is 1. The molecule has 1 N–H and O–H groups in total. The highest BCUT2D eigenvalue weighted by Gasteiger charge is 2.36. The van der Waals surface area contributed by atoms with Crippen LogP contribution < -0.4 is 0 Å². The molecule has 0 aliphatic carbocycles. The van der Waals surface area contributed by atoms with Crippen molar-refractivity contribution in [2.45, 2.75) is 45.3 Å². The van der Waals surface area contributed by atoms with Gasteiger partial charge in [0.15, 0.2) is 8.32 Å². The monoisotopic (exact) mass is 293 g/mol. The average Bonchev–Trinajstić information content (AvgIpc) is 2.70. The van der Waals surface area contributed by atoms with Crippen molar-refractivity contribution < 1.29 is 8.82 Å². The predicted molar refractivity (Wildman–Crippen MR) is 85.1 cm³/mol. The second kappa shape index (κ2) is 5.33. The van der Waals surface area contributed by atoms with Gasteiger partial charge >= 0.3 is 0 Å². The lowest BCUT2D eigenvalue weighted by atomic mass is 10.1. The number of fused-ring (bicyclic) bond motifs is 1. The predicted octanol–water partition coefficient (Wildman–Crippen LogP) is 4.87. The Balaban J connectivity index is 2.04. The Morgan fingerprint density at radius 3 is 2.60 bits per heavy atom. The van der Waals surface area contributed by atoms with Crippen LogP contribution in [-0.2, 0) is 10.8 Å². The minimum atomic E-state index is -1.69. The van der Waals surface area contributed by atoms with Gasteiger partial charge in [-0.3, -0.25) is 0 Å². The van der Waals surface area contributed by atoms with E-state index in [9.17, 15) is 4.39 Å². The Hall–Kier alpha value is -1.13. The van der Waals surface area contributed by atoms with Gasteiger partial charge in [0.2, 0.25) is 0 Å². The van der Waals surface area contributed by atoms with E-state index in [1.165, 1.54) is 17.7 Å². The maximum absolute atomic E-state index is 13.1. The fraction of sp³-hybridized carbons (Fsp3) is 0.500. The van der Waals surface area contributed by atoms with Gasteiger partial charge in [0.1, 0.15) is 5.82 Å². The maximum atomic E-state index is 13.1. The van der Waals surface area contributed by atoms with Crippen molar-refractivity contribution in [3.63, 3.8) is 0 Å². The number of hydrogen-bond acceptors (Lipinski definition) is 1. The summed E-state index contributed by atoms with van der Waals surface area (Å²) >= 11 is 0. The molecule has 0 radical (unpaired) electrons. The number of aromatic amines is 1. The molecular weight excluding hydrogens is 269 g/mol. The molecular formula is C16H24FNOSi. The number of rotatable bonds is 4. The summed E-state index contributed by atoms with van der Waals surface area (Å²) in [6.07, 6.45) is 2.82. The first-order chi connectivity index (χ1) is 9.21. The van der Waals surface area contributed by atoms with Crippen LogP contribution in [0.2, 0.25) is 18.1 Å². The quantitative estimate of drug-likeness (QED) is 0.799. The van der Waals surface area contributed by atoms with Crippen LogP contribution in [0.15, 0.2) is 24.4 Å². The first kappa shape index (κ1) is 15.3. The van der Waals surface area contributed by atoms with Gasteiger partial charge in [-0.15, -0.1) is 0 Å². The van der Waals surface area contributed by atoms with E-state index in [1.54, 1.807) is 0 Å². The molecule has 110 valence electrons. The minimum absolute atomic E-state index is 0.205. The van der Waals surface area contributed by atoms with E-state index >= 15 is 0 Å². The number of aromatic nitrogens is 1. The number of hydrogen-bond donors (Lipinski definition) is 1. The van der Waals surface area contributed by atoms with Gasteiger partial charge in [0.05, 0.1) is 0 Å². The summed E-state index contributed by atoms with van der Waals surface area (Å²) in [5.41, 5.74) is 2.05. The molecule has 0 amide bonds. The Labute approximate surface area is 121 Å². The van der Waals surface area contributed by atoms with Crippen LogP contribution in [0.3, 0.4) is 0 Å². The van der Waals surface area contributed by atoms with E-state index in [4.69, 9.17) is 4.43 Å². The summed E-state index contributed by atoms with van der Waals surface area (Å²) in [6.45, 7) is 12.0. The van der Waals surface area contributed by atoms with Crippen LogP contribution in [0, 0.1) is 5.82 Å². The van der Waals surface area contributed by atoms with Gasteiger partial charge in [-0.1, -0.05) is 20.8 Å². The molecule has 0 fully saturated rings. The molecule has 0 spiro atoms. The Bertz CT molecular complexity index is 598. The average molecular weight is 293 g/mol. The van der Waals surface area contributed by atoms with Gasteiger partial charge < -0.3 is 9.41 Å². The van der Waals surface area contributed by atoms with E-state index in [1.807, 2.05) is 12.3 Å². The normalized spacial score (nSPS) is 13.1. The zero-order valence-corrected chi connectivity index (χ0v) is 14.0. The van der Waals surface area contributed by atoms with Gasteiger partial charge in [-0.25, -0.2) is 4.39 Å². The summed E-state index contributed by atoms with van der Waals surface area (Å²) in [5, 5.41) is 1.32. The van der Waals surface area contributed by atoms with E-state index in [0.717, 1.165) is 23.9 Å². The molecule has 2 nitrogen and oxygen atoms in total. The van der Waals surface area contributed by atoms with Crippen LogP contribution >= 0.6 is 0 Å². The largest absolute Gasteiger partial charge is 0.416 e. The smallest absolute Gasteiger partial charge is 0.191 e. The molecule has 1 aromatic heterocycles. The van der Waals surface area contributed by atoms with Crippen molar-refractivity contribution in [3.05, 3.63) is 35.8 Å². The molecule has 0 saturated carbocycles. The van der Waals surface area contributed by atoms with Crippen LogP contribution in [-0.4, -0.2) is 19.9 Å². The summed E-state index contributed by atoms with van der Waals surface area (Å²) < 4.78 is 19.3. The number of benzene rings is 1. The van der Waals surface area contributed by atoms with Crippen LogP contribution in [0.25, 0.3) is 10.9 Å². The number of nitrogens with one attached hydrogen (secondary N) is 1. The van der Waals surface area contributed by atoms with Gasteiger partial charge in [-0.05, 0) is 48.3 Å². The van der Waals surface area contributed by atoms with Gasteiger partial charge in [-0.2, -0.15) is 0 Å². The highest BCUT2D eigenvalue weighted by Crippen LogP contribution is 2.36. The molecule has 0 aliphatic heterocycles. The lowest BCUT2D eigenvalue weighted by Crippen LogP contribution is -2.41. The van der Waals surface area contributed by atoms with Crippen molar-refractivity contribution in [1.82, 2.24) is 4.98 Å². The topological polar surface area (TPSA) is 25.0 Å². The summed E-state index contributed by atoms with van der Waals surface area (Å²) in [5.74, 6) is -0.205. The second-order valence-electron chi connectivity index (χ2n) is 6.86. The highest BCUT2D eigenvalue weighted by atomic mass is 28.4. The van der Waals surface area contributed by atoms with Crippen molar-refractivity contribution in [1.29, 1.82) is 0 Å². The Morgan fingerprint density at radius 2 is 1.95 bits per heavy atom. The molecule has 2 rings (SSSR count). The lowest BCUT2D eigenvalue weighted by molar-refractivity contribution is 0.292. The van der Waals surface area contributed by atoms with Gasteiger partial charge in [0, 0.05) is 23.7 Å². The van der Waals surface area contributed by atoms with Crippen LogP contribution in [0.1, 0.15) is 26.3 Å². The first-order valence-corrected chi connectivity index (χ1v) is 10.0. The Morgan fingerprint density at radius 1 is 1.25 bits per heavy atom. The van der Waals surface area contributed by atoms with Crippen LogP contribution in [0.4, 0.5) is 4.39 Å². The summed E-state index contributed by atoms with van der Waals surface area (Å²) in [7, 11) is -1.69. The second-order valence-corrected chi connectivity index (χ2v) is 11.7. The van der Waals surface area contributed by atoms with Crippen LogP contribution in [0.5, 0.6) is 0 Å². The lowest BCUT2D eigenvalue weighted by Gasteiger charge is -2.36. The molecule has 0 saturated heterocycles. The molecule has 0 aliphatic rings. The van der Waals surface area contributed by atoms with Gasteiger partial charge in [0.25, 0.3) is 0 Å². The molecule has 1 heterocycles. The minimum Gasteiger partial charge on any atom is -0.416 e. The third kappa shape index (κ3) is 3.12. The van der Waals surface area contributed by atoms with Crippen molar-refractivity contribution in [2.24, 2.45) is 0 Å². The van der Waals surface area contributed by atoms with E-state index < -0.39 is 8.32 Å². The summed E-state index contributed by atoms with van der Waals surface area (Å²) in [4.78, 5) is 3.12. The van der Waals surface area contributed by atoms with E-state index in [0.29, 0.717) is 0 Å². The van der Waals surface area contributed by atoms with E-state index in [2.05, 4.69) is 38.8 Å². The Kier molecular flexibility index (Phi) is 4.07. The zero-order valence-electron chi connectivity index (χ0n) is 13.0. The molecule has 0 unspecified atom stereocenters. The molecule has 1 aromatic carbocycles. The molecule has 0 bridgehead atoms. The SMILES string of the molecule is CC(C)(C)[Si](C)(C)OCCc1c[nH]c2cc(F)ccc12. The van der Waals surface area contributed by atoms with Crippen molar-refractivity contribution >= 4 is 19.2 Å². The first-order valence-electron chi connectivity index (χ1n) is 7.10. The maximum Gasteiger partial charge on any atom is 0.191 e. The highest BCUT2D eigenvalue weighted by molar-refractivity contribution is 6.74. The molecule has 2 aromatic rings. The zero-order chi connectivity index (χ0) is 15.0. The molecule has 4 heteroatoms. The van der Waals surface area contributed by atoms with Crippen molar-refractivity contribution in [2.75, 3.05) is 6.61 Å².